The van der Waals surface area contributed by atoms with Crippen LogP contribution >= 0.6 is 24.8 Å². The van der Waals surface area contributed by atoms with Crippen LogP contribution in [-0.4, -0.2) is 59.6 Å². The van der Waals surface area contributed by atoms with Crippen molar-refractivity contribution in [2.24, 2.45) is 5.73 Å². The molecule has 1 aromatic heterocycles. The van der Waals surface area contributed by atoms with Crippen LogP contribution in [0.15, 0.2) is 91.4 Å². The van der Waals surface area contributed by atoms with Crippen molar-refractivity contribution in [1.82, 2.24) is 14.9 Å². The summed E-state index contributed by atoms with van der Waals surface area (Å²) < 4.78 is 17.9. The summed E-state index contributed by atoms with van der Waals surface area (Å²) in [6.07, 6.45) is 3.03. The average Bonchev–Trinajstić information content (AvgIpc) is 3.48. The Hall–Kier alpha value is -4.42. The van der Waals surface area contributed by atoms with E-state index < -0.39 is 29.4 Å². The number of Topliss-reactive ketones (excluding diaryl/α,β-unsaturated/α-hetero) is 1. The van der Waals surface area contributed by atoms with Crippen molar-refractivity contribution in [2.75, 3.05) is 26.1 Å². The Kier molecular flexibility index (Phi) is 14.2. The van der Waals surface area contributed by atoms with Crippen LogP contribution < -0.4 is 25.8 Å². The second kappa shape index (κ2) is 17.3. The van der Waals surface area contributed by atoms with Crippen LogP contribution in [0.5, 0.6) is 11.5 Å². The van der Waals surface area contributed by atoms with Crippen molar-refractivity contribution in [3.8, 4) is 11.5 Å². The number of nitrogens with one attached hydrogen (secondary N) is 2. The third kappa shape index (κ3) is 10.0. The Morgan fingerprint density at radius 1 is 0.891 bits per heavy atom. The molecule has 13 heteroatoms. The molecule has 4 rings (SSSR count). The summed E-state index contributed by atoms with van der Waals surface area (Å²) in [6, 6.07) is 21.6. The normalized spacial score (nSPS) is 12.0. The standard InChI is InChI=1S/C33H37N5O6.2ClH/c1-33(2,34)32(41)36-27(20-44-19-22-8-6-5-7-9-22)31(40)37-28-18-38(21-35-28)29(23-10-14-25(42-3)15-11-23)30(39)24-12-16-26(43-4)17-13-24;;/h5-18,21,27,29H,19-20,34H2,1-4H3,(H,36,41)(H,37,40);2*1H/t27-,29?;;/m1../s1. The number of amides is 2. The molecule has 0 aliphatic heterocycles. The molecule has 0 aliphatic rings. The summed E-state index contributed by atoms with van der Waals surface area (Å²) in [5.74, 6) is 0.191. The fraction of sp³-hybridized carbons (Fsp3) is 0.273. The molecular weight excluding hydrogens is 633 g/mol. The van der Waals surface area contributed by atoms with E-state index in [9.17, 15) is 14.4 Å². The minimum Gasteiger partial charge on any atom is -0.497 e. The van der Waals surface area contributed by atoms with Crippen LogP contribution in [0.2, 0.25) is 0 Å². The van der Waals surface area contributed by atoms with E-state index >= 15 is 0 Å². The molecule has 2 amide bonds. The number of anilines is 1. The van der Waals surface area contributed by atoms with Crippen LogP contribution in [0.1, 0.15) is 41.4 Å². The van der Waals surface area contributed by atoms with Gasteiger partial charge < -0.3 is 35.1 Å². The first-order valence-corrected chi connectivity index (χ1v) is 14.0. The summed E-state index contributed by atoms with van der Waals surface area (Å²) in [6.45, 7) is 3.23. The number of rotatable bonds is 14. The van der Waals surface area contributed by atoms with E-state index in [1.807, 2.05) is 30.3 Å². The molecule has 3 aromatic carbocycles. The topological polar surface area (TPSA) is 147 Å². The van der Waals surface area contributed by atoms with E-state index in [1.165, 1.54) is 6.33 Å². The van der Waals surface area contributed by atoms with Gasteiger partial charge in [0.1, 0.15) is 23.6 Å². The monoisotopic (exact) mass is 671 g/mol. The van der Waals surface area contributed by atoms with Gasteiger partial charge in [-0.1, -0.05) is 42.5 Å². The number of hydrogen-bond donors (Lipinski definition) is 3. The summed E-state index contributed by atoms with van der Waals surface area (Å²) >= 11 is 0. The summed E-state index contributed by atoms with van der Waals surface area (Å²) in [5.41, 5.74) is 6.81. The number of ketones is 1. The maximum absolute atomic E-state index is 13.8. The second-order valence-corrected chi connectivity index (χ2v) is 10.7. The van der Waals surface area contributed by atoms with Gasteiger partial charge in [-0.2, -0.15) is 0 Å². The highest BCUT2D eigenvalue weighted by atomic mass is 35.5. The zero-order chi connectivity index (χ0) is 31.7. The molecule has 0 fully saturated rings. The SMILES string of the molecule is COc1ccc(C(=O)C(c2ccc(OC)cc2)n2cnc(NC(=O)[C@@H](COCc3ccccc3)NC(=O)C(C)(C)N)c2)cc1.Cl.Cl. The number of hydrogen-bond acceptors (Lipinski definition) is 8. The van der Waals surface area contributed by atoms with Crippen molar-refractivity contribution in [3.05, 3.63) is 108 Å². The van der Waals surface area contributed by atoms with Gasteiger partial charge in [-0.15, -0.1) is 24.8 Å². The van der Waals surface area contributed by atoms with Gasteiger partial charge in [-0.25, -0.2) is 4.98 Å². The van der Waals surface area contributed by atoms with Gasteiger partial charge in [0.25, 0.3) is 5.91 Å². The quantitative estimate of drug-likeness (QED) is 0.165. The minimum atomic E-state index is -1.22. The first-order valence-electron chi connectivity index (χ1n) is 14.0. The summed E-state index contributed by atoms with van der Waals surface area (Å²) in [7, 11) is 3.12. The molecule has 0 radical (unpaired) electrons. The molecule has 4 aromatic rings. The van der Waals surface area contributed by atoms with Gasteiger partial charge in [-0.05, 0) is 61.4 Å². The molecule has 246 valence electrons. The molecule has 2 atom stereocenters. The Labute approximate surface area is 280 Å². The number of imidazole rings is 1. The van der Waals surface area contributed by atoms with Crippen LogP contribution in [-0.2, 0) is 20.9 Å². The van der Waals surface area contributed by atoms with Crippen molar-refractivity contribution in [1.29, 1.82) is 0 Å². The first kappa shape index (κ1) is 37.8. The number of aromatic nitrogens is 2. The molecule has 0 saturated carbocycles. The highest BCUT2D eigenvalue weighted by molar-refractivity contribution is 6.01. The fourth-order valence-electron chi connectivity index (χ4n) is 4.31. The average molecular weight is 673 g/mol. The number of benzene rings is 3. The Balaban J connectivity index is 0.00000368. The Morgan fingerprint density at radius 3 is 2.04 bits per heavy atom. The Bertz CT molecular complexity index is 1560. The smallest absolute Gasteiger partial charge is 0.250 e. The van der Waals surface area contributed by atoms with Crippen LogP contribution in [0.25, 0.3) is 0 Å². The van der Waals surface area contributed by atoms with Crippen LogP contribution in [0.4, 0.5) is 5.82 Å². The van der Waals surface area contributed by atoms with Gasteiger partial charge >= 0.3 is 0 Å². The van der Waals surface area contributed by atoms with Crippen molar-refractivity contribution < 1.29 is 28.6 Å². The summed E-state index contributed by atoms with van der Waals surface area (Å²) in [4.78, 5) is 44.2. The van der Waals surface area contributed by atoms with E-state index in [4.69, 9.17) is 19.9 Å². The van der Waals surface area contributed by atoms with E-state index in [-0.39, 0.29) is 49.6 Å². The molecule has 0 aliphatic carbocycles. The highest BCUT2D eigenvalue weighted by Crippen LogP contribution is 2.27. The van der Waals surface area contributed by atoms with Gasteiger partial charge in [0.05, 0.1) is 39.3 Å². The lowest BCUT2D eigenvalue weighted by molar-refractivity contribution is -0.130. The maximum Gasteiger partial charge on any atom is 0.250 e. The van der Waals surface area contributed by atoms with Crippen molar-refractivity contribution in [3.63, 3.8) is 0 Å². The first-order chi connectivity index (χ1) is 21.1. The number of carbonyl (C=O) groups is 3. The van der Waals surface area contributed by atoms with Crippen LogP contribution in [0, 0.1) is 0 Å². The van der Waals surface area contributed by atoms with Gasteiger partial charge in [0.2, 0.25) is 5.91 Å². The molecule has 4 N–H and O–H groups in total. The summed E-state index contributed by atoms with van der Waals surface area (Å²) in [5, 5.41) is 5.40. The molecule has 1 heterocycles. The van der Waals surface area contributed by atoms with E-state index in [0.717, 1.165) is 5.56 Å². The highest BCUT2D eigenvalue weighted by Gasteiger charge is 2.29. The third-order valence-electron chi connectivity index (χ3n) is 6.81. The number of halogens is 2. The molecule has 0 saturated heterocycles. The zero-order valence-corrected chi connectivity index (χ0v) is 27.6. The molecule has 46 heavy (non-hydrogen) atoms. The minimum absolute atomic E-state index is 0. The van der Waals surface area contributed by atoms with Gasteiger partial charge in [0.15, 0.2) is 11.6 Å². The number of carbonyl (C=O) groups excluding carboxylic acids is 3. The van der Waals surface area contributed by atoms with E-state index in [1.54, 1.807) is 87.4 Å². The lowest BCUT2D eigenvalue weighted by atomic mass is 9.97. The largest absolute Gasteiger partial charge is 0.497 e. The van der Waals surface area contributed by atoms with Crippen LogP contribution in [0.3, 0.4) is 0 Å². The van der Waals surface area contributed by atoms with Crippen molar-refractivity contribution in [2.45, 2.75) is 38.1 Å². The molecule has 1 unspecified atom stereocenters. The van der Waals surface area contributed by atoms with Gasteiger partial charge in [0, 0.05) is 11.8 Å². The fourth-order valence-corrected chi connectivity index (χ4v) is 4.31. The molecule has 11 nitrogen and oxygen atoms in total. The lowest BCUT2D eigenvalue weighted by Crippen LogP contribution is -2.56. The number of methoxy groups -OCH3 is 2. The second-order valence-electron chi connectivity index (χ2n) is 10.7. The lowest BCUT2D eigenvalue weighted by Gasteiger charge is -2.23. The predicted octanol–water partition coefficient (Wildman–Crippen LogP) is 4.59. The maximum atomic E-state index is 13.8. The van der Waals surface area contributed by atoms with E-state index in [0.29, 0.717) is 22.6 Å². The molecule has 0 spiro atoms. The van der Waals surface area contributed by atoms with Gasteiger partial charge in [-0.3, -0.25) is 14.4 Å². The molecule has 0 bridgehead atoms. The zero-order valence-electron chi connectivity index (χ0n) is 26.0. The predicted molar refractivity (Wildman–Crippen MR) is 180 cm³/mol. The van der Waals surface area contributed by atoms with Crippen molar-refractivity contribution >= 4 is 48.2 Å². The number of nitrogens with two attached hydrogens (primary N) is 1. The number of nitrogens with zero attached hydrogens (tertiary/aromatic N) is 2. The molecular formula is C33H39Cl2N5O6. The Morgan fingerprint density at radius 2 is 1.48 bits per heavy atom. The van der Waals surface area contributed by atoms with E-state index in [2.05, 4.69) is 15.6 Å². The third-order valence-corrected chi connectivity index (χ3v) is 6.81. The number of ether oxygens (including phenoxy) is 3.